The van der Waals surface area contributed by atoms with Gasteiger partial charge < -0.3 is 10.2 Å². The van der Waals surface area contributed by atoms with Gasteiger partial charge in [0.2, 0.25) is 11.8 Å². The molecule has 0 aliphatic carbocycles. The molecule has 8 heteroatoms. The van der Waals surface area contributed by atoms with Crippen molar-refractivity contribution in [3.8, 4) is 0 Å². The standard InChI is InChI=1S/C26H24Cl3FN2O2/c1-2-31-26(34)24(14-17-8-4-3-5-9-17)32(16-19-21(28)10-6-11-22(19)29)25(33)15-18-20(27)12-7-13-23(18)30/h3-13,24H,2,14-16H2,1H3,(H,31,34). The van der Waals surface area contributed by atoms with Crippen LogP contribution in [-0.2, 0) is 29.0 Å². The first-order chi connectivity index (χ1) is 16.3. The fourth-order valence-corrected chi connectivity index (χ4v) is 4.40. The Morgan fingerprint density at radius 1 is 0.882 bits per heavy atom. The molecule has 1 unspecified atom stereocenters. The van der Waals surface area contributed by atoms with Crippen LogP contribution in [0.15, 0.2) is 66.7 Å². The highest BCUT2D eigenvalue weighted by atomic mass is 35.5. The number of amides is 2. The third kappa shape index (κ3) is 6.50. The van der Waals surface area contributed by atoms with Gasteiger partial charge in [-0.15, -0.1) is 0 Å². The van der Waals surface area contributed by atoms with Crippen LogP contribution in [-0.4, -0.2) is 29.3 Å². The number of carbonyl (C=O) groups is 2. The zero-order chi connectivity index (χ0) is 24.7. The molecule has 0 aliphatic heterocycles. The van der Waals surface area contributed by atoms with Crippen LogP contribution in [0.2, 0.25) is 15.1 Å². The van der Waals surface area contributed by atoms with Crippen LogP contribution in [0.3, 0.4) is 0 Å². The van der Waals surface area contributed by atoms with Crippen LogP contribution in [0.4, 0.5) is 4.39 Å². The third-order valence-corrected chi connectivity index (χ3v) is 6.46. The zero-order valence-corrected chi connectivity index (χ0v) is 20.8. The van der Waals surface area contributed by atoms with Crippen molar-refractivity contribution in [2.45, 2.75) is 32.4 Å². The Balaban J connectivity index is 2.04. The summed E-state index contributed by atoms with van der Waals surface area (Å²) in [6, 6.07) is 17.7. The number of benzene rings is 3. The molecule has 0 saturated heterocycles. The van der Waals surface area contributed by atoms with E-state index in [0.717, 1.165) is 5.56 Å². The number of carbonyl (C=O) groups excluding carboxylic acids is 2. The molecule has 0 aromatic heterocycles. The minimum absolute atomic E-state index is 0.0297. The number of halogens is 4. The molecule has 0 heterocycles. The van der Waals surface area contributed by atoms with Crippen LogP contribution in [0.5, 0.6) is 0 Å². The molecule has 2 amide bonds. The van der Waals surface area contributed by atoms with Crippen LogP contribution < -0.4 is 5.32 Å². The van der Waals surface area contributed by atoms with Gasteiger partial charge in [-0.05, 0) is 36.8 Å². The lowest BCUT2D eigenvalue weighted by Crippen LogP contribution is -2.51. The summed E-state index contributed by atoms with van der Waals surface area (Å²) < 4.78 is 14.5. The lowest BCUT2D eigenvalue weighted by atomic mass is 10.0. The van der Waals surface area contributed by atoms with E-state index in [2.05, 4.69) is 5.32 Å². The van der Waals surface area contributed by atoms with E-state index in [4.69, 9.17) is 34.8 Å². The van der Waals surface area contributed by atoms with Gasteiger partial charge in [0, 0.05) is 45.7 Å². The molecule has 3 rings (SSSR count). The Kier molecular flexibility index (Phi) is 9.34. The van der Waals surface area contributed by atoms with Gasteiger partial charge in [0.1, 0.15) is 11.9 Å². The van der Waals surface area contributed by atoms with Gasteiger partial charge in [-0.1, -0.05) is 77.3 Å². The van der Waals surface area contributed by atoms with E-state index in [1.165, 1.54) is 23.1 Å². The first kappa shape index (κ1) is 26.0. The monoisotopic (exact) mass is 520 g/mol. The summed E-state index contributed by atoms with van der Waals surface area (Å²) in [5.74, 6) is -1.40. The van der Waals surface area contributed by atoms with Crippen LogP contribution in [0, 0.1) is 5.82 Å². The quantitative estimate of drug-likeness (QED) is 0.370. The maximum absolute atomic E-state index is 14.5. The number of likely N-dealkylation sites (N-methyl/N-ethyl adjacent to an activating group) is 1. The Bertz CT molecular complexity index is 1120. The Labute approximate surface area is 213 Å². The summed E-state index contributed by atoms with van der Waals surface area (Å²) in [5.41, 5.74) is 1.44. The molecule has 178 valence electrons. The molecule has 1 atom stereocenters. The van der Waals surface area contributed by atoms with Crippen molar-refractivity contribution in [3.05, 3.63) is 104 Å². The van der Waals surface area contributed by atoms with Crippen LogP contribution in [0.1, 0.15) is 23.6 Å². The molecule has 0 spiro atoms. The lowest BCUT2D eigenvalue weighted by molar-refractivity contribution is -0.140. The molecule has 3 aromatic rings. The predicted octanol–water partition coefficient (Wildman–Crippen LogP) is 6.10. The lowest BCUT2D eigenvalue weighted by Gasteiger charge is -2.32. The minimum atomic E-state index is -0.882. The van der Waals surface area contributed by atoms with E-state index in [9.17, 15) is 14.0 Å². The second kappa shape index (κ2) is 12.2. The molecule has 0 aliphatic rings. The molecule has 34 heavy (non-hydrogen) atoms. The van der Waals surface area contributed by atoms with Gasteiger partial charge in [-0.3, -0.25) is 9.59 Å². The molecular weight excluding hydrogens is 498 g/mol. The molecule has 0 radical (unpaired) electrons. The molecule has 1 N–H and O–H groups in total. The molecular formula is C26H24Cl3FN2O2. The molecule has 0 fully saturated rings. The first-order valence-corrected chi connectivity index (χ1v) is 11.9. The van der Waals surface area contributed by atoms with E-state index in [1.54, 1.807) is 25.1 Å². The van der Waals surface area contributed by atoms with Crippen molar-refractivity contribution in [2.24, 2.45) is 0 Å². The van der Waals surface area contributed by atoms with E-state index in [0.29, 0.717) is 22.2 Å². The number of nitrogens with one attached hydrogen (secondary N) is 1. The van der Waals surface area contributed by atoms with Crippen molar-refractivity contribution in [3.63, 3.8) is 0 Å². The third-order valence-electron chi connectivity index (χ3n) is 5.40. The average Bonchev–Trinajstić information content (AvgIpc) is 2.81. The van der Waals surface area contributed by atoms with Gasteiger partial charge in [0.15, 0.2) is 0 Å². The van der Waals surface area contributed by atoms with E-state index >= 15 is 0 Å². The number of hydrogen-bond donors (Lipinski definition) is 1. The smallest absolute Gasteiger partial charge is 0.243 e. The summed E-state index contributed by atoms with van der Waals surface area (Å²) in [6.07, 6.45) is -0.0657. The fraction of sp³-hybridized carbons (Fsp3) is 0.231. The second-order valence-electron chi connectivity index (χ2n) is 7.70. The van der Waals surface area contributed by atoms with Gasteiger partial charge in [-0.25, -0.2) is 4.39 Å². The van der Waals surface area contributed by atoms with E-state index < -0.39 is 17.8 Å². The van der Waals surface area contributed by atoms with E-state index in [1.807, 2.05) is 30.3 Å². The largest absolute Gasteiger partial charge is 0.355 e. The summed E-state index contributed by atoms with van der Waals surface area (Å²) >= 11 is 19.0. The van der Waals surface area contributed by atoms with Gasteiger partial charge in [-0.2, -0.15) is 0 Å². The van der Waals surface area contributed by atoms with Gasteiger partial charge >= 0.3 is 0 Å². The Morgan fingerprint density at radius 2 is 1.47 bits per heavy atom. The van der Waals surface area contributed by atoms with Crippen molar-refractivity contribution in [1.29, 1.82) is 0 Å². The fourth-order valence-electron chi connectivity index (χ4n) is 3.65. The average molecular weight is 522 g/mol. The zero-order valence-electron chi connectivity index (χ0n) is 18.5. The van der Waals surface area contributed by atoms with Crippen molar-refractivity contribution in [2.75, 3.05) is 6.54 Å². The highest BCUT2D eigenvalue weighted by Crippen LogP contribution is 2.28. The molecule has 0 bridgehead atoms. The Morgan fingerprint density at radius 3 is 2.06 bits per heavy atom. The predicted molar refractivity (Wildman–Crippen MR) is 135 cm³/mol. The first-order valence-electron chi connectivity index (χ1n) is 10.8. The van der Waals surface area contributed by atoms with Crippen molar-refractivity contribution >= 4 is 46.6 Å². The Hall–Kier alpha value is -2.60. The molecule has 4 nitrogen and oxygen atoms in total. The normalized spacial score (nSPS) is 11.7. The van der Waals surface area contributed by atoms with Crippen LogP contribution >= 0.6 is 34.8 Å². The topological polar surface area (TPSA) is 49.4 Å². The molecule has 0 saturated carbocycles. The van der Waals surface area contributed by atoms with Crippen LogP contribution in [0.25, 0.3) is 0 Å². The second-order valence-corrected chi connectivity index (χ2v) is 8.92. The highest BCUT2D eigenvalue weighted by Gasteiger charge is 2.31. The summed E-state index contributed by atoms with van der Waals surface area (Å²) in [6.45, 7) is 2.16. The summed E-state index contributed by atoms with van der Waals surface area (Å²) in [4.78, 5) is 28.2. The van der Waals surface area contributed by atoms with Gasteiger partial charge in [0.05, 0.1) is 6.42 Å². The number of hydrogen-bond acceptors (Lipinski definition) is 2. The highest BCUT2D eigenvalue weighted by molar-refractivity contribution is 6.36. The minimum Gasteiger partial charge on any atom is -0.355 e. The number of rotatable bonds is 9. The maximum atomic E-state index is 14.5. The summed E-state index contributed by atoms with van der Waals surface area (Å²) in [5, 5.41) is 3.67. The molecule has 3 aromatic carbocycles. The van der Waals surface area contributed by atoms with Crippen molar-refractivity contribution < 1.29 is 14.0 Å². The SMILES string of the molecule is CCNC(=O)C(Cc1ccccc1)N(Cc1c(Cl)cccc1Cl)C(=O)Cc1c(F)cccc1Cl. The van der Waals surface area contributed by atoms with E-state index in [-0.39, 0.29) is 35.9 Å². The summed E-state index contributed by atoms with van der Waals surface area (Å²) in [7, 11) is 0. The number of nitrogens with zero attached hydrogens (tertiary/aromatic N) is 1. The van der Waals surface area contributed by atoms with Gasteiger partial charge in [0.25, 0.3) is 0 Å². The van der Waals surface area contributed by atoms with Crippen molar-refractivity contribution in [1.82, 2.24) is 10.2 Å². The maximum Gasteiger partial charge on any atom is 0.243 e.